The second-order valence-corrected chi connectivity index (χ2v) is 5.66. The van der Waals surface area contributed by atoms with Gasteiger partial charge in [0.2, 0.25) is 5.89 Å². The predicted molar refractivity (Wildman–Crippen MR) is 88.2 cm³/mol. The van der Waals surface area contributed by atoms with E-state index in [2.05, 4.69) is 11.9 Å². The number of rotatable bonds is 3. The number of alkyl halides is 3. The summed E-state index contributed by atoms with van der Waals surface area (Å²) in [6, 6.07) is 10.5. The maximum Gasteiger partial charge on any atom is 0.471 e. The van der Waals surface area contributed by atoms with E-state index in [4.69, 9.17) is 4.42 Å². The number of aromatic nitrogens is 1. The number of aryl methyl sites for hydroxylation is 2. The van der Waals surface area contributed by atoms with E-state index in [9.17, 15) is 18.0 Å². The van der Waals surface area contributed by atoms with E-state index >= 15 is 0 Å². The van der Waals surface area contributed by atoms with Gasteiger partial charge in [-0.15, -0.1) is 0 Å². The molecule has 0 atom stereocenters. The first-order valence-corrected chi connectivity index (χ1v) is 7.66. The molecule has 1 amide bonds. The molecule has 0 fully saturated rings. The van der Waals surface area contributed by atoms with Gasteiger partial charge in [-0.25, -0.2) is 4.98 Å². The van der Waals surface area contributed by atoms with Crippen molar-refractivity contribution in [1.29, 1.82) is 0 Å². The molecule has 3 aromatic rings. The number of amides is 1. The second-order valence-electron chi connectivity index (χ2n) is 5.66. The Bertz CT molecular complexity index is 928. The fourth-order valence-electron chi connectivity index (χ4n) is 2.48. The van der Waals surface area contributed by atoms with E-state index in [1.807, 2.05) is 29.6 Å². The minimum absolute atomic E-state index is 0.0218. The van der Waals surface area contributed by atoms with E-state index in [1.165, 1.54) is 17.7 Å². The van der Waals surface area contributed by atoms with E-state index in [0.717, 1.165) is 12.0 Å². The lowest BCUT2D eigenvalue weighted by atomic mass is 10.1. The van der Waals surface area contributed by atoms with Gasteiger partial charge in [0.25, 0.3) is 0 Å². The quantitative estimate of drug-likeness (QED) is 0.735. The summed E-state index contributed by atoms with van der Waals surface area (Å²) in [4.78, 5) is 15.4. The number of hydrogen-bond acceptors (Lipinski definition) is 3. The number of carbonyl (C=O) groups excluding carboxylic acids is 1. The molecule has 3 rings (SSSR count). The Morgan fingerprint density at radius 1 is 1.20 bits per heavy atom. The Morgan fingerprint density at radius 3 is 2.48 bits per heavy atom. The Hall–Kier alpha value is -2.83. The number of benzene rings is 2. The van der Waals surface area contributed by atoms with Crippen LogP contribution in [0.3, 0.4) is 0 Å². The van der Waals surface area contributed by atoms with E-state index in [0.29, 0.717) is 22.6 Å². The third-order valence-electron chi connectivity index (χ3n) is 3.80. The highest BCUT2D eigenvalue weighted by atomic mass is 19.4. The number of anilines is 1. The van der Waals surface area contributed by atoms with Gasteiger partial charge >= 0.3 is 12.1 Å². The summed E-state index contributed by atoms with van der Waals surface area (Å²) in [5, 5.41) is 1.83. The molecule has 0 bridgehead atoms. The second kappa shape index (κ2) is 6.23. The molecule has 0 radical (unpaired) electrons. The summed E-state index contributed by atoms with van der Waals surface area (Å²) >= 11 is 0. The Labute approximate surface area is 141 Å². The third-order valence-corrected chi connectivity index (χ3v) is 3.80. The van der Waals surface area contributed by atoms with E-state index < -0.39 is 12.1 Å². The van der Waals surface area contributed by atoms with Gasteiger partial charge in [-0.2, -0.15) is 13.2 Å². The normalized spacial score (nSPS) is 11.7. The van der Waals surface area contributed by atoms with Crippen LogP contribution >= 0.6 is 0 Å². The molecule has 2 aromatic carbocycles. The van der Waals surface area contributed by atoms with Gasteiger partial charge in [-0.1, -0.05) is 19.1 Å². The van der Waals surface area contributed by atoms with Crippen molar-refractivity contribution in [3.8, 4) is 11.5 Å². The van der Waals surface area contributed by atoms with Crippen molar-refractivity contribution in [3.63, 3.8) is 0 Å². The summed E-state index contributed by atoms with van der Waals surface area (Å²) in [5.74, 6) is -1.65. The van der Waals surface area contributed by atoms with Crippen molar-refractivity contribution in [2.75, 3.05) is 5.32 Å². The number of oxazole rings is 1. The molecule has 0 saturated carbocycles. The van der Waals surface area contributed by atoms with Crippen molar-refractivity contribution in [2.24, 2.45) is 0 Å². The lowest BCUT2D eigenvalue weighted by molar-refractivity contribution is -0.167. The zero-order valence-corrected chi connectivity index (χ0v) is 13.6. The molecule has 25 heavy (non-hydrogen) atoms. The molecule has 130 valence electrons. The SMILES string of the molecule is CCc1ccc(-c2nc3cc(NC(=O)C(F)(F)F)cc(C)c3o2)cc1. The summed E-state index contributed by atoms with van der Waals surface area (Å²) in [7, 11) is 0. The largest absolute Gasteiger partial charge is 0.471 e. The number of fused-ring (bicyclic) bond motifs is 1. The van der Waals surface area contributed by atoms with Gasteiger partial charge in [-0.05, 0) is 48.7 Å². The summed E-state index contributed by atoms with van der Waals surface area (Å²) in [6.45, 7) is 3.73. The van der Waals surface area contributed by atoms with Gasteiger partial charge in [0.1, 0.15) is 5.52 Å². The van der Waals surface area contributed by atoms with Crippen molar-refractivity contribution >= 4 is 22.7 Å². The number of halogens is 3. The first-order valence-electron chi connectivity index (χ1n) is 7.66. The van der Waals surface area contributed by atoms with Crippen LogP contribution in [0.1, 0.15) is 18.1 Å². The minimum atomic E-state index is -4.95. The van der Waals surface area contributed by atoms with Gasteiger partial charge < -0.3 is 9.73 Å². The van der Waals surface area contributed by atoms with Crippen molar-refractivity contribution in [3.05, 3.63) is 47.5 Å². The lowest BCUT2D eigenvalue weighted by Crippen LogP contribution is -2.29. The first-order chi connectivity index (χ1) is 11.8. The molecular weight excluding hydrogens is 333 g/mol. The molecule has 7 heteroatoms. The summed E-state index contributed by atoms with van der Waals surface area (Å²) < 4.78 is 42.9. The van der Waals surface area contributed by atoms with Crippen LogP contribution < -0.4 is 5.32 Å². The fourth-order valence-corrected chi connectivity index (χ4v) is 2.48. The van der Waals surface area contributed by atoms with Crippen LogP contribution in [0.15, 0.2) is 40.8 Å². The molecule has 1 aromatic heterocycles. The average molecular weight is 348 g/mol. The molecule has 1 N–H and O–H groups in total. The zero-order valence-electron chi connectivity index (χ0n) is 13.6. The standard InChI is InChI=1S/C18H15F3N2O2/c1-3-11-4-6-12(7-5-11)16-23-14-9-13(8-10(2)15(14)25-16)22-17(24)18(19,20)21/h4-9H,3H2,1-2H3,(H,22,24). The van der Waals surface area contributed by atoms with Crippen LogP contribution in [0, 0.1) is 6.92 Å². The van der Waals surface area contributed by atoms with Crippen LogP contribution in [0.5, 0.6) is 0 Å². The Morgan fingerprint density at radius 2 is 1.88 bits per heavy atom. The molecule has 0 aliphatic heterocycles. The smallest absolute Gasteiger partial charge is 0.436 e. The van der Waals surface area contributed by atoms with Crippen molar-refractivity contribution in [2.45, 2.75) is 26.4 Å². The van der Waals surface area contributed by atoms with Crippen LogP contribution in [0.25, 0.3) is 22.6 Å². The van der Waals surface area contributed by atoms with Gasteiger partial charge in [0.15, 0.2) is 5.58 Å². The Kier molecular flexibility index (Phi) is 4.24. The van der Waals surface area contributed by atoms with Crippen LogP contribution in [-0.2, 0) is 11.2 Å². The predicted octanol–water partition coefficient (Wildman–Crippen LogP) is 4.87. The minimum Gasteiger partial charge on any atom is -0.436 e. The molecule has 0 aliphatic carbocycles. The fraction of sp³-hybridized carbons (Fsp3) is 0.222. The highest BCUT2D eigenvalue weighted by Gasteiger charge is 2.38. The van der Waals surface area contributed by atoms with Crippen LogP contribution in [0.2, 0.25) is 0 Å². The van der Waals surface area contributed by atoms with Gasteiger partial charge in [-0.3, -0.25) is 4.79 Å². The topological polar surface area (TPSA) is 55.1 Å². The zero-order chi connectivity index (χ0) is 18.2. The highest BCUT2D eigenvalue weighted by Crippen LogP contribution is 2.30. The Balaban J connectivity index is 1.97. The molecular formula is C18H15F3N2O2. The molecule has 0 unspecified atom stereocenters. The first kappa shape index (κ1) is 17.0. The lowest BCUT2D eigenvalue weighted by Gasteiger charge is -2.08. The highest BCUT2D eigenvalue weighted by molar-refractivity contribution is 5.97. The van der Waals surface area contributed by atoms with Crippen molar-refractivity contribution < 1.29 is 22.4 Å². The van der Waals surface area contributed by atoms with Crippen LogP contribution in [0.4, 0.5) is 18.9 Å². The molecule has 0 spiro atoms. The molecule has 4 nitrogen and oxygen atoms in total. The monoisotopic (exact) mass is 348 g/mol. The number of nitrogens with zero attached hydrogens (tertiary/aromatic N) is 1. The molecule has 0 aliphatic rings. The number of nitrogens with one attached hydrogen (secondary N) is 1. The maximum atomic E-state index is 12.4. The van der Waals surface area contributed by atoms with Crippen molar-refractivity contribution in [1.82, 2.24) is 4.98 Å². The van der Waals surface area contributed by atoms with E-state index in [1.54, 1.807) is 6.92 Å². The molecule has 0 saturated heterocycles. The number of hydrogen-bond donors (Lipinski definition) is 1. The maximum absolute atomic E-state index is 12.4. The van der Waals surface area contributed by atoms with Crippen LogP contribution in [-0.4, -0.2) is 17.1 Å². The van der Waals surface area contributed by atoms with Gasteiger partial charge in [0, 0.05) is 11.3 Å². The molecule has 1 heterocycles. The van der Waals surface area contributed by atoms with E-state index in [-0.39, 0.29) is 5.69 Å². The summed E-state index contributed by atoms with van der Waals surface area (Å²) in [6.07, 6.45) is -4.03. The average Bonchev–Trinajstić information content (AvgIpc) is 2.98. The van der Waals surface area contributed by atoms with Gasteiger partial charge in [0.05, 0.1) is 0 Å². The number of carbonyl (C=O) groups is 1. The summed E-state index contributed by atoms with van der Waals surface area (Å²) in [5.41, 5.74) is 3.40. The third kappa shape index (κ3) is 3.50.